The average molecular weight is 394 g/mol. The van der Waals surface area contributed by atoms with Crippen molar-refractivity contribution in [2.24, 2.45) is 0 Å². The van der Waals surface area contributed by atoms with E-state index in [0.29, 0.717) is 11.1 Å². The van der Waals surface area contributed by atoms with Gasteiger partial charge in [0.1, 0.15) is 0 Å². The standard InChI is InChI=1S/C21H21F3O4/c1-2-27-19(25)18-13-20(26,15-6-4-3-5-7-15)12-17(28-18)14-8-10-16(11-9-14)21(22,23)24/h3-11,17-18,26H,2,12-13H2,1H3/t17-,18+,20+/m1/s1. The van der Waals surface area contributed by atoms with Crippen molar-refractivity contribution in [3.05, 3.63) is 71.3 Å². The summed E-state index contributed by atoms with van der Waals surface area (Å²) in [5.41, 5.74) is -1.07. The van der Waals surface area contributed by atoms with Gasteiger partial charge in [-0.15, -0.1) is 0 Å². The zero-order valence-corrected chi connectivity index (χ0v) is 15.3. The molecule has 0 bridgehead atoms. The maximum atomic E-state index is 12.8. The van der Waals surface area contributed by atoms with Gasteiger partial charge in [-0.2, -0.15) is 13.2 Å². The zero-order valence-electron chi connectivity index (χ0n) is 15.3. The Morgan fingerprint density at radius 1 is 1.14 bits per heavy atom. The molecule has 2 aromatic rings. The van der Waals surface area contributed by atoms with Crippen LogP contribution >= 0.6 is 0 Å². The summed E-state index contributed by atoms with van der Waals surface area (Å²) < 4.78 is 49.3. The first-order chi connectivity index (χ1) is 13.2. The van der Waals surface area contributed by atoms with Crippen molar-refractivity contribution in [1.82, 2.24) is 0 Å². The van der Waals surface area contributed by atoms with Crippen molar-refractivity contribution in [1.29, 1.82) is 0 Å². The monoisotopic (exact) mass is 394 g/mol. The molecule has 1 aliphatic rings. The Morgan fingerprint density at radius 2 is 1.79 bits per heavy atom. The second-order valence-electron chi connectivity index (χ2n) is 6.79. The number of rotatable bonds is 4. The quantitative estimate of drug-likeness (QED) is 0.782. The number of aliphatic hydroxyl groups is 1. The van der Waals surface area contributed by atoms with Gasteiger partial charge in [0.2, 0.25) is 0 Å². The van der Waals surface area contributed by atoms with E-state index >= 15 is 0 Å². The lowest BCUT2D eigenvalue weighted by molar-refractivity contribution is -0.187. The van der Waals surface area contributed by atoms with Gasteiger partial charge in [0.05, 0.1) is 23.9 Å². The van der Waals surface area contributed by atoms with E-state index in [1.54, 1.807) is 31.2 Å². The van der Waals surface area contributed by atoms with Crippen molar-refractivity contribution in [3.8, 4) is 0 Å². The number of hydrogen-bond acceptors (Lipinski definition) is 4. The Bertz CT molecular complexity index is 805. The Kier molecular flexibility index (Phi) is 5.76. The summed E-state index contributed by atoms with van der Waals surface area (Å²) in [6, 6.07) is 13.4. The van der Waals surface area contributed by atoms with Gasteiger partial charge in [-0.1, -0.05) is 42.5 Å². The van der Waals surface area contributed by atoms with Gasteiger partial charge >= 0.3 is 12.1 Å². The highest BCUT2D eigenvalue weighted by molar-refractivity contribution is 5.75. The normalized spacial score (nSPS) is 25.3. The Hall–Kier alpha value is -2.38. The third-order valence-corrected chi connectivity index (χ3v) is 4.85. The predicted octanol–water partition coefficient (Wildman–Crippen LogP) is 4.38. The van der Waals surface area contributed by atoms with Crippen LogP contribution in [-0.4, -0.2) is 23.8 Å². The van der Waals surface area contributed by atoms with Gasteiger partial charge in [-0.25, -0.2) is 4.79 Å². The van der Waals surface area contributed by atoms with E-state index < -0.39 is 35.5 Å². The summed E-state index contributed by atoms with van der Waals surface area (Å²) in [6.45, 7) is 1.82. The van der Waals surface area contributed by atoms with Crippen molar-refractivity contribution >= 4 is 5.97 Å². The minimum atomic E-state index is -4.44. The van der Waals surface area contributed by atoms with E-state index in [1.165, 1.54) is 12.1 Å². The molecule has 3 rings (SSSR count). The van der Waals surface area contributed by atoms with Crippen LogP contribution in [0.2, 0.25) is 0 Å². The summed E-state index contributed by atoms with van der Waals surface area (Å²) in [4.78, 5) is 12.3. The van der Waals surface area contributed by atoms with Crippen LogP contribution in [0.5, 0.6) is 0 Å². The number of carbonyl (C=O) groups is 1. The number of benzene rings is 2. The van der Waals surface area contributed by atoms with E-state index in [-0.39, 0.29) is 19.4 Å². The number of alkyl halides is 3. The molecule has 1 aliphatic heterocycles. The molecular formula is C21H21F3O4. The number of halogens is 3. The Balaban J connectivity index is 1.92. The number of carbonyl (C=O) groups excluding carboxylic acids is 1. The maximum Gasteiger partial charge on any atom is 0.416 e. The molecule has 1 heterocycles. The van der Waals surface area contributed by atoms with E-state index in [1.807, 2.05) is 6.07 Å². The van der Waals surface area contributed by atoms with Crippen LogP contribution in [0.15, 0.2) is 54.6 Å². The lowest BCUT2D eigenvalue weighted by Crippen LogP contribution is -2.44. The summed E-state index contributed by atoms with van der Waals surface area (Å²) in [7, 11) is 0. The van der Waals surface area contributed by atoms with Crippen molar-refractivity contribution in [3.63, 3.8) is 0 Å². The molecule has 1 fully saturated rings. The second kappa shape index (κ2) is 7.93. The van der Waals surface area contributed by atoms with Crippen molar-refractivity contribution < 1.29 is 32.5 Å². The van der Waals surface area contributed by atoms with Crippen LogP contribution in [0.3, 0.4) is 0 Å². The third-order valence-electron chi connectivity index (χ3n) is 4.85. The lowest BCUT2D eigenvalue weighted by Gasteiger charge is -2.41. The van der Waals surface area contributed by atoms with Gasteiger partial charge in [0.25, 0.3) is 0 Å². The molecule has 1 saturated heterocycles. The van der Waals surface area contributed by atoms with Crippen molar-refractivity contribution in [2.45, 2.75) is 43.8 Å². The van der Waals surface area contributed by atoms with E-state index in [2.05, 4.69) is 0 Å². The highest BCUT2D eigenvalue weighted by atomic mass is 19.4. The minimum absolute atomic E-state index is 0.00693. The highest BCUT2D eigenvalue weighted by Gasteiger charge is 2.45. The van der Waals surface area contributed by atoms with Gasteiger partial charge in [-0.3, -0.25) is 0 Å². The van der Waals surface area contributed by atoms with Crippen LogP contribution < -0.4 is 0 Å². The van der Waals surface area contributed by atoms with E-state index in [9.17, 15) is 23.1 Å². The maximum absolute atomic E-state index is 12.8. The molecule has 0 aliphatic carbocycles. The van der Waals surface area contributed by atoms with Crippen LogP contribution in [0.4, 0.5) is 13.2 Å². The third kappa shape index (κ3) is 4.36. The molecule has 0 amide bonds. The molecule has 0 radical (unpaired) electrons. The number of hydrogen-bond donors (Lipinski definition) is 1. The van der Waals surface area contributed by atoms with Crippen molar-refractivity contribution in [2.75, 3.05) is 6.61 Å². The molecule has 0 spiro atoms. The zero-order chi connectivity index (χ0) is 20.4. The topological polar surface area (TPSA) is 55.8 Å². The first kappa shape index (κ1) is 20.4. The molecule has 0 saturated carbocycles. The summed E-state index contributed by atoms with van der Waals surface area (Å²) in [6.07, 6.45) is -6.10. The molecule has 2 aromatic carbocycles. The summed E-state index contributed by atoms with van der Waals surface area (Å²) in [5.74, 6) is -0.603. The summed E-state index contributed by atoms with van der Waals surface area (Å²) in [5, 5.41) is 11.3. The van der Waals surface area contributed by atoms with E-state index in [4.69, 9.17) is 9.47 Å². The smallest absolute Gasteiger partial charge is 0.416 e. The fraction of sp³-hybridized carbons (Fsp3) is 0.381. The first-order valence-electron chi connectivity index (χ1n) is 9.00. The molecule has 0 aromatic heterocycles. The molecule has 4 nitrogen and oxygen atoms in total. The summed E-state index contributed by atoms with van der Waals surface area (Å²) >= 11 is 0. The largest absolute Gasteiger partial charge is 0.464 e. The first-order valence-corrected chi connectivity index (χ1v) is 9.00. The minimum Gasteiger partial charge on any atom is -0.464 e. The van der Waals surface area contributed by atoms with Gasteiger partial charge < -0.3 is 14.6 Å². The van der Waals surface area contributed by atoms with Gasteiger partial charge in [0.15, 0.2) is 6.10 Å². The fourth-order valence-electron chi connectivity index (χ4n) is 3.43. The Morgan fingerprint density at radius 3 is 2.36 bits per heavy atom. The lowest BCUT2D eigenvalue weighted by atomic mass is 9.79. The Labute approximate surface area is 160 Å². The molecule has 1 N–H and O–H groups in total. The molecule has 7 heteroatoms. The fourth-order valence-corrected chi connectivity index (χ4v) is 3.43. The van der Waals surface area contributed by atoms with Gasteiger partial charge in [-0.05, 0) is 30.2 Å². The van der Waals surface area contributed by atoms with Crippen LogP contribution in [0.1, 0.15) is 42.6 Å². The number of esters is 1. The van der Waals surface area contributed by atoms with Gasteiger partial charge in [0, 0.05) is 12.8 Å². The average Bonchev–Trinajstić information content (AvgIpc) is 2.68. The molecule has 3 atom stereocenters. The molecular weight excluding hydrogens is 373 g/mol. The highest BCUT2D eigenvalue weighted by Crippen LogP contribution is 2.44. The van der Waals surface area contributed by atoms with Crippen LogP contribution in [0, 0.1) is 0 Å². The SMILES string of the molecule is CCOC(=O)[C@@H]1C[C@](O)(c2ccccc2)C[C@H](c2ccc(C(F)(F)F)cc2)O1. The van der Waals surface area contributed by atoms with Crippen LogP contribution in [-0.2, 0) is 26.0 Å². The molecule has 28 heavy (non-hydrogen) atoms. The molecule has 0 unspecified atom stereocenters. The van der Waals surface area contributed by atoms with Crippen LogP contribution in [0.25, 0.3) is 0 Å². The predicted molar refractivity (Wildman–Crippen MR) is 95.3 cm³/mol. The second-order valence-corrected chi connectivity index (χ2v) is 6.79. The molecule has 150 valence electrons. The number of ether oxygens (including phenoxy) is 2. The van der Waals surface area contributed by atoms with E-state index in [0.717, 1.165) is 12.1 Å².